The maximum atomic E-state index is 10.2. The molecule has 78 valence electrons. The van der Waals surface area contributed by atoms with Gasteiger partial charge >= 0.3 is 0 Å². The third-order valence-electron chi connectivity index (χ3n) is 2.16. The number of benzene rings is 1. The van der Waals surface area contributed by atoms with Crippen LogP contribution >= 0.6 is 15.9 Å². The molecule has 1 rings (SSSR count). The van der Waals surface area contributed by atoms with Gasteiger partial charge in [-0.2, -0.15) is 0 Å². The second-order valence-electron chi connectivity index (χ2n) is 4.16. The van der Waals surface area contributed by atoms with E-state index in [4.69, 9.17) is 0 Å². The van der Waals surface area contributed by atoms with E-state index in [1.807, 2.05) is 45.3 Å². The quantitative estimate of drug-likeness (QED) is 0.824. The first-order valence-corrected chi connectivity index (χ1v) is 5.48. The van der Waals surface area contributed by atoms with Gasteiger partial charge in [-0.3, -0.25) is 0 Å². The molecule has 1 aromatic rings. The average Bonchev–Trinajstić information content (AvgIpc) is 2.02. The Morgan fingerprint density at radius 3 is 2.21 bits per heavy atom. The van der Waals surface area contributed by atoms with E-state index in [2.05, 4.69) is 15.9 Å². The van der Waals surface area contributed by atoms with Gasteiger partial charge in [0.25, 0.3) is 0 Å². The molecule has 2 N–H and O–H groups in total. The first-order chi connectivity index (χ1) is 6.42. The van der Waals surface area contributed by atoms with E-state index >= 15 is 0 Å². The van der Waals surface area contributed by atoms with Gasteiger partial charge in [0.15, 0.2) is 0 Å². The minimum atomic E-state index is -0.750. The van der Waals surface area contributed by atoms with Gasteiger partial charge in [-0.15, -0.1) is 0 Å². The lowest BCUT2D eigenvalue weighted by Gasteiger charge is -2.25. The van der Waals surface area contributed by atoms with Crippen LogP contribution < -0.4 is 4.90 Å². The highest BCUT2D eigenvalue weighted by Gasteiger charge is 2.26. The van der Waals surface area contributed by atoms with E-state index in [0.717, 1.165) is 10.0 Å². The van der Waals surface area contributed by atoms with Gasteiger partial charge in [0.2, 0.25) is 0 Å². The topological polar surface area (TPSA) is 24.7 Å². The summed E-state index contributed by atoms with van der Waals surface area (Å²) in [7, 11) is 4.07. The molecular weight excluding hydrogens is 242 g/mol. The molecule has 1 aromatic carbocycles. The van der Waals surface area contributed by atoms with Crippen LogP contribution in [0.25, 0.3) is 0 Å². The maximum Gasteiger partial charge on any atom is 0.135 e. The van der Waals surface area contributed by atoms with Crippen LogP contribution in [0, 0.1) is 0 Å². The minimum Gasteiger partial charge on any atom is -0.380 e. The highest BCUT2D eigenvalue weighted by atomic mass is 79.9. The third kappa shape index (κ3) is 3.08. The minimum absolute atomic E-state index is 0.703. The Morgan fingerprint density at radius 2 is 1.79 bits per heavy atom. The van der Waals surface area contributed by atoms with Gasteiger partial charge in [-0.25, -0.2) is 0 Å². The summed E-state index contributed by atoms with van der Waals surface area (Å²) in [6, 6.07) is 7.81. The van der Waals surface area contributed by atoms with Gasteiger partial charge in [-0.05, 0) is 24.6 Å². The van der Waals surface area contributed by atoms with E-state index in [0.29, 0.717) is 6.54 Å². The molecule has 0 bridgehead atoms. The second-order valence-corrected chi connectivity index (χ2v) is 5.08. The fourth-order valence-corrected chi connectivity index (χ4v) is 1.86. The van der Waals surface area contributed by atoms with E-state index < -0.39 is 5.60 Å². The Labute approximate surface area is 93.7 Å². The summed E-state index contributed by atoms with van der Waals surface area (Å²) < 4.78 is 1.04. The zero-order chi connectivity index (χ0) is 10.8. The Balaban J connectivity index is 2.86. The summed E-state index contributed by atoms with van der Waals surface area (Å²) in [4.78, 5) is 1.23. The number of quaternary nitrogens is 1. The van der Waals surface area contributed by atoms with E-state index in [1.165, 1.54) is 4.90 Å². The fourth-order valence-electron chi connectivity index (χ4n) is 1.60. The lowest BCUT2D eigenvalue weighted by molar-refractivity contribution is -0.866. The highest BCUT2D eigenvalue weighted by molar-refractivity contribution is 9.10. The molecule has 0 radical (unpaired) electrons. The summed E-state index contributed by atoms with van der Waals surface area (Å²) in [5, 5.41) is 10.2. The number of likely N-dealkylation sites (N-methyl/N-ethyl adjacent to an activating group) is 1. The van der Waals surface area contributed by atoms with Gasteiger partial charge in [0.1, 0.15) is 12.1 Å². The standard InChI is InChI=1S/C11H16BrNO/c1-11(14,8-13(2)3)9-4-6-10(12)7-5-9/h4-7,14H,8H2,1-3H3/p+1. The van der Waals surface area contributed by atoms with E-state index in [9.17, 15) is 5.11 Å². The van der Waals surface area contributed by atoms with Crippen molar-refractivity contribution in [1.29, 1.82) is 0 Å². The molecule has 0 spiro atoms. The average molecular weight is 259 g/mol. The molecule has 0 aliphatic carbocycles. The zero-order valence-corrected chi connectivity index (χ0v) is 10.4. The van der Waals surface area contributed by atoms with E-state index in [-0.39, 0.29) is 0 Å². The first-order valence-electron chi connectivity index (χ1n) is 4.69. The van der Waals surface area contributed by atoms with Crippen molar-refractivity contribution >= 4 is 15.9 Å². The van der Waals surface area contributed by atoms with Crippen molar-refractivity contribution in [3.8, 4) is 0 Å². The van der Waals surface area contributed by atoms with Gasteiger partial charge < -0.3 is 10.0 Å². The second kappa shape index (κ2) is 4.43. The van der Waals surface area contributed by atoms with Crippen molar-refractivity contribution in [1.82, 2.24) is 0 Å². The largest absolute Gasteiger partial charge is 0.380 e. The zero-order valence-electron chi connectivity index (χ0n) is 8.84. The van der Waals surface area contributed by atoms with Crippen molar-refractivity contribution in [3.63, 3.8) is 0 Å². The Hall–Kier alpha value is -0.380. The monoisotopic (exact) mass is 258 g/mol. The molecule has 0 aliphatic rings. The normalized spacial score (nSPS) is 15.6. The molecule has 14 heavy (non-hydrogen) atoms. The van der Waals surface area contributed by atoms with Crippen molar-refractivity contribution in [2.75, 3.05) is 20.6 Å². The Kier molecular flexibility index (Phi) is 3.70. The number of halogens is 1. The molecule has 0 aliphatic heterocycles. The predicted octanol–water partition coefficient (Wildman–Crippen LogP) is 0.801. The molecular formula is C11H17BrNO+. The van der Waals surface area contributed by atoms with Crippen molar-refractivity contribution < 1.29 is 10.0 Å². The fraction of sp³-hybridized carbons (Fsp3) is 0.455. The van der Waals surface area contributed by atoms with Crippen LogP contribution in [0.5, 0.6) is 0 Å². The molecule has 3 heteroatoms. The van der Waals surface area contributed by atoms with Crippen molar-refractivity contribution in [2.24, 2.45) is 0 Å². The molecule has 1 unspecified atom stereocenters. The molecule has 0 heterocycles. The Bertz CT molecular complexity index is 293. The van der Waals surface area contributed by atoms with Crippen LogP contribution in [-0.2, 0) is 5.60 Å². The maximum absolute atomic E-state index is 10.2. The number of aliphatic hydroxyl groups is 1. The molecule has 1 atom stereocenters. The van der Waals surface area contributed by atoms with Crippen LogP contribution in [0.3, 0.4) is 0 Å². The smallest absolute Gasteiger partial charge is 0.135 e. The van der Waals surface area contributed by atoms with Crippen LogP contribution in [0.15, 0.2) is 28.7 Å². The lowest BCUT2D eigenvalue weighted by Crippen LogP contribution is -3.07. The number of rotatable bonds is 3. The Morgan fingerprint density at radius 1 is 1.29 bits per heavy atom. The first kappa shape index (κ1) is 11.7. The SMILES string of the molecule is C[NH+](C)CC(C)(O)c1ccc(Br)cc1. The summed E-state index contributed by atoms with van der Waals surface area (Å²) in [5.41, 5.74) is 0.210. The molecule has 0 saturated heterocycles. The summed E-state index contributed by atoms with van der Waals surface area (Å²) in [5.74, 6) is 0. The summed E-state index contributed by atoms with van der Waals surface area (Å²) >= 11 is 3.38. The number of nitrogens with one attached hydrogen (secondary N) is 1. The van der Waals surface area contributed by atoms with Crippen LogP contribution in [0.2, 0.25) is 0 Å². The molecule has 2 nitrogen and oxygen atoms in total. The van der Waals surface area contributed by atoms with E-state index in [1.54, 1.807) is 0 Å². The van der Waals surface area contributed by atoms with Crippen LogP contribution in [-0.4, -0.2) is 25.7 Å². The molecule has 0 fully saturated rings. The number of hydrogen-bond donors (Lipinski definition) is 2. The van der Waals surface area contributed by atoms with Crippen molar-refractivity contribution in [3.05, 3.63) is 34.3 Å². The van der Waals surface area contributed by atoms with Gasteiger partial charge in [0, 0.05) is 4.47 Å². The van der Waals surface area contributed by atoms with Gasteiger partial charge in [0.05, 0.1) is 14.1 Å². The number of hydrogen-bond acceptors (Lipinski definition) is 1. The van der Waals surface area contributed by atoms with Crippen LogP contribution in [0.1, 0.15) is 12.5 Å². The van der Waals surface area contributed by atoms with Gasteiger partial charge in [-0.1, -0.05) is 28.1 Å². The van der Waals surface area contributed by atoms with Crippen molar-refractivity contribution in [2.45, 2.75) is 12.5 Å². The lowest BCUT2D eigenvalue weighted by atomic mass is 9.96. The van der Waals surface area contributed by atoms with Crippen LogP contribution in [0.4, 0.5) is 0 Å². The summed E-state index contributed by atoms with van der Waals surface area (Å²) in [6.07, 6.45) is 0. The summed E-state index contributed by atoms with van der Waals surface area (Å²) in [6.45, 7) is 2.55. The molecule has 0 saturated carbocycles. The molecule has 0 amide bonds. The predicted molar refractivity (Wildman–Crippen MR) is 61.4 cm³/mol. The third-order valence-corrected chi connectivity index (χ3v) is 2.69. The highest BCUT2D eigenvalue weighted by Crippen LogP contribution is 2.20. The molecule has 0 aromatic heterocycles.